The Hall–Kier alpha value is -0.860. The van der Waals surface area contributed by atoms with Crippen LogP contribution in [0, 0.1) is 5.41 Å². The van der Waals surface area contributed by atoms with Crippen molar-refractivity contribution in [2.75, 3.05) is 19.6 Å². The second-order valence-corrected chi connectivity index (χ2v) is 5.69. The van der Waals surface area contributed by atoms with Gasteiger partial charge in [0.2, 0.25) is 0 Å². The number of piperidine rings is 1. The third-order valence-corrected chi connectivity index (χ3v) is 4.41. The van der Waals surface area contributed by atoms with Gasteiger partial charge in [0.25, 0.3) is 0 Å². The second kappa shape index (κ2) is 6.35. The molecule has 2 nitrogen and oxygen atoms in total. The fraction of sp³-hybridized carbons (Fsp3) is 0.625. The summed E-state index contributed by atoms with van der Waals surface area (Å²) in [6.45, 7) is 6.69. The van der Waals surface area contributed by atoms with Crippen LogP contribution in [0.2, 0.25) is 0 Å². The standard InChI is InChI=1S/C16H26N2/c1-2-16(10-11-17)9-6-12-18(14-16)13-15-7-4-3-5-8-15/h3-5,7-8H,2,6,9-14,17H2,1H3. The molecular weight excluding hydrogens is 220 g/mol. The van der Waals surface area contributed by atoms with Crippen molar-refractivity contribution < 1.29 is 0 Å². The number of likely N-dealkylation sites (tertiary alicyclic amines) is 1. The molecule has 1 aromatic rings. The van der Waals surface area contributed by atoms with E-state index in [2.05, 4.69) is 42.2 Å². The van der Waals surface area contributed by atoms with Crippen LogP contribution in [-0.4, -0.2) is 24.5 Å². The van der Waals surface area contributed by atoms with E-state index < -0.39 is 0 Å². The summed E-state index contributed by atoms with van der Waals surface area (Å²) in [5.74, 6) is 0. The number of hydrogen-bond donors (Lipinski definition) is 1. The molecule has 2 N–H and O–H groups in total. The second-order valence-electron chi connectivity index (χ2n) is 5.69. The first-order chi connectivity index (χ1) is 8.78. The summed E-state index contributed by atoms with van der Waals surface area (Å²) in [7, 11) is 0. The monoisotopic (exact) mass is 246 g/mol. The molecule has 1 aliphatic heterocycles. The SMILES string of the molecule is CCC1(CCN)CCCN(Cc2ccccc2)C1. The van der Waals surface area contributed by atoms with E-state index >= 15 is 0 Å². The molecule has 0 amide bonds. The van der Waals surface area contributed by atoms with Gasteiger partial charge < -0.3 is 5.73 Å². The molecule has 1 aromatic carbocycles. The van der Waals surface area contributed by atoms with Crippen LogP contribution in [0.1, 0.15) is 38.2 Å². The van der Waals surface area contributed by atoms with E-state index in [9.17, 15) is 0 Å². The van der Waals surface area contributed by atoms with Crippen molar-refractivity contribution in [3.8, 4) is 0 Å². The Morgan fingerprint density at radius 1 is 1.28 bits per heavy atom. The normalized spacial score (nSPS) is 25.2. The highest BCUT2D eigenvalue weighted by atomic mass is 15.1. The van der Waals surface area contributed by atoms with Crippen molar-refractivity contribution in [3.63, 3.8) is 0 Å². The van der Waals surface area contributed by atoms with Gasteiger partial charge in [0.05, 0.1) is 0 Å². The number of benzene rings is 1. The highest BCUT2D eigenvalue weighted by Crippen LogP contribution is 2.36. The predicted octanol–water partition coefficient (Wildman–Crippen LogP) is 3.03. The molecular formula is C16H26N2. The molecule has 1 saturated heterocycles. The Bertz CT molecular complexity index is 345. The predicted molar refractivity (Wildman–Crippen MR) is 77.3 cm³/mol. The lowest BCUT2D eigenvalue weighted by Crippen LogP contribution is -2.43. The van der Waals surface area contributed by atoms with E-state index in [-0.39, 0.29) is 0 Å². The minimum atomic E-state index is 0.474. The van der Waals surface area contributed by atoms with Crippen LogP contribution in [0.5, 0.6) is 0 Å². The van der Waals surface area contributed by atoms with Crippen LogP contribution >= 0.6 is 0 Å². The molecule has 1 unspecified atom stereocenters. The largest absolute Gasteiger partial charge is 0.330 e. The van der Waals surface area contributed by atoms with Crippen molar-refractivity contribution >= 4 is 0 Å². The molecule has 1 fully saturated rings. The van der Waals surface area contributed by atoms with Gasteiger partial charge in [-0.15, -0.1) is 0 Å². The van der Waals surface area contributed by atoms with Crippen LogP contribution in [0.25, 0.3) is 0 Å². The topological polar surface area (TPSA) is 29.3 Å². The average molecular weight is 246 g/mol. The Balaban J connectivity index is 1.98. The zero-order valence-electron chi connectivity index (χ0n) is 11.6. The fourth-order valence-electron chi connectivity index (χ4n) is 3.26. The third-order valence-electron chi connectivity index (χ3n) is 4.41. The van der Waals surface area contributed by atoms with Crippen LogP contribution in [-0.2, 0) is 6.54 Å². The summed E-state index contributed by atoms with van der Waals surface area (Å²) in [5.41, 5.74) is 7.70. The van der Waals surface area contributed by atoms with E-state index in [0.717, 1.165) is 13.1 Å². The summed E-state index contributed by atoms with van der Waals surface area (Å²) in [4.78, 5) is 2.61. The van der Waals surface area contributed by atoms with Crippen LogP contribution < -0.4 is 5.73 Å². The molecule has 0 spiro atoms. The molecule has 1 atom stereocenters. The van der Waals surface area contributed by atoms with E-state index in [0.29, 0.717) is 5.41 Å². The molecule has 0 radical (unpaired) electrons. The summed E-state index contributed by atoms with van der Waals surface area (Å²) >= 11 is 0. The van der Waals surface area contributed by atoms with E-state index in [1.165, 1.54) is 44.3 Å². The van der Waals surface area contributed by atoms with Crippen LogP contribution in [0.15, 0.2) is 30.3 Å². The smallest absolute Gasteiger partial charge is 0.0233 e. The summed E-state index contributed by atoms with van der Waals surface area (Å²) in [6.07, 6.45) is 5.11. The molecule has 1 aliphatic rings. The molecule has 0 bridgehead atoms. The van der Waals surface area contributed by atoms with Crippen LogP contribution in [0.3, 0.4) is 0 Å². The van der Waals surface area contributed by atoms with Crippen molar-refractivity contribution in [1.29, 1.82) is 0 Å². The van der Waals surface area contributed by atoms with Crippen molar-refractivity contribution in [2.45, 2.75) is 39.2 Å². The average Bonchev–Trinajstić information content (AvgIpc) is 2.41. The molecule has 18 heavy (non-hydrogen) atoms. The van der Waals surface area contributed by atoms with Gasteiger partial charge in [-0.05, 0) is 49.8 Å². The fourth-order valence-corrected chi connectivity index (χ4v) is 3.26. The van der Waals surface area contributed by atoms with Crippen molar-refractivity contribution in [1.82, 2.24) is 4.90 Å². The first-order valence-corrected chi connectivity index (χ1v) is 7.24. The molecule has 0 aliphatic carbocycles. The number of nitrogens with zero attached hydrogens (tertiary/aromatic N) is 1. The lowest BCUT2D eigenvalue weighted by atomic mass is 9.75. The van der Waals surface area contributed by atoms with Gasteiger partial charge in [-0.2, -0.15) is 0 Å². The molecule has 0 aromatic heterocycles. The molecule has 0 saturated carbocycles. The first-order valence-electron chi connectivity index (χ1n) is 7.24. The van der Waals surface area contributed by atoms with Gasteiger partial charge in [-0.1, -0.05) is 37.3 Å². The molecule has 1 heterocycles. The summed E-state index contributed by atoms with van der Waals surface area (Å²) in [5, 5.41) is 0. The minimum absolute atomic E-state index is 0.474. The van der Waals surface area contributed by atoms with E-state index in [1.54, 1.807) is 0 Å². The highest BCUT2D eigenvalue weighted by Gasteiger charge is 2.32. The van der Waals surface area contributed by atoms with Gasteiger partial charge >= 0.3 is 0 Å². The summed E-state index contributed by atoms with van der Waals surface area (Å²) < 4.78 is 0. The first kappa shape index (κ1) is 13.6. The van der Waals surface area contributed by atoms with Gasteiger partial charge in [-0.3, -0.25) is 4.90 Å². The maximum absolute atomic E-state index is 5.80. The Morgan fingerprint density at radius 2 is 2.06 bits per heavy atom. The third kappa shape index (κ3) is 3.33. The van der Waals surface area contributed by atoms with Gasteiger partial charge in [0.1, 0.15) is 0 Å². The summed E-state index contributed by atoms with van der Waals surface area (Å²) in [6, 6.07) is 10.8. The van der Waals surface area contributed by atoms with Gasteiger partial charge in [-0.25, -0.2) is 0 Å². The number of rotatable bonds is 5. The molecule has 2 heteroatoms. The van der Waals surface area contributed by atoms with Crippen molar-refractivity contribution in [2.24, 2.45) is 11.1 Å². The number of hydrogen-bond acceptors (Lipinski definition) is 2. The van der Waals surface area contributed by atoms with Gasteiger partial charge in [0.15, 0.2) is 0 Å². The zero-order chi connectivity index (χ0) is 12.8. The zero-order valence-corrected chi connectivity index (χ0v) is 11.6. The van der Waals surface area contributed by atoms with Crippen molar-refractivity contribution in [3.05, 3.63) is 35.9 Å². The Labute approximate surface area is 111 Å². The maximum atomic E-state index is 5.80. The Morgan fingerprint density at radius 3 is 2.72 bits per heavy atom. The highest BCUT2D eigenvalue weighted by molar-refractivity contribution is 5.14. The Kier molecular flexibility index (Phi) is 4.79. The quantitative estimate of drug-likeness (QED) is 0.865. The molecule has 2 rings (SSSR count). The van der Waals surface area contributed by atoms with E-state index in [1.807, 2.05) is 0 Å². The molecule has 100 valence electrons. The lowest BCUT2D eigenvalue weighted by molar-refractivity contribution is 0.0729. The van der Waals surface area contributed by atoms with E-state index in [4.69, 9.17) is 5.73 Å². The maximum Gasteiger partial charge on any atom is 0.0233 e. The van der Waals surface area contributed by atoms with Crippen LogP contribution in [0.4, 0.5) is 0 Å². The number of nitrogens with two attached hydrogens (primary N) is 1. The minimum Gasteiger partial charge on any atom is -0.330 e. The van der Waals surface area contributed by atoms with Gasteiger partial charge in [0, 0.05) is 13.1 Å². The lowest BCUT2D eigenvalue weighted by Gasteiger charge is -2.42.